The molecule has 4 rings (SSSR count). The molecule has 0 aliphatic heterocycles. The molecule has 22 heavy (non-hydrogen) atoms. The zero-order valence-corrected chi connectivity index (χ0v) is 13.3. The third-order valence-electron chi connectivity index (χ3n) is 3.31. The molecule has 0 unspecified atom stereocenters. The summed E-state index contributed by atoms with van der Waals surface area (Å²) in [5, 5.41) is 6.34. The van der Waals surface area contributed by atoms with Crippen LogP contribution in [-0.2, 0) is 0 Å². The first-order valence-electron chi connectivity index (χ1n) is 6.72. The molecule has 0 bridgehead atoms. The highest BCUT2D eigenvalue weighted by atomic mass is 32.1. The van der Waals surface area contributed by atoms with Crippen molar-refractivity contribution in [2.24, 2.45) is 0 Å². The summed E-state index contributed by atoms with van der Waals surface area (Å²) < 4.78 is 2.05. The average molecular weight is 325 g/mol. The van der Waals surface area contributed by atoms with Gasteiger partial charge in [-0.25, -0.2) is 0 Å². The Morgan fingerprint density at radius 2 is 2.00 bits per heavy atom. The summed E-state index contributed by atoms with van der Waals surface area (Å²) in [7, 11) is 0. The van der Waals surface area contributed by atoms with E-state index in [1.54, 1.807) is 11.3 Å². The third kappa shape index (κ3) is 2.26. The summed E-state index contributed by atoms with van der Waals surface area (Å²) in [5.41, 5.74) is 1.99. The van der Waals surface area contributed by atoms with Crippen LogP contribution in [0.3, 0.4) is 0 Å². The maximum atomic E-state index is 12.4. The van der Waals surface area contributed by atoms with Gasteiger partial charge in [0.15, 0.2) is 5.82 Å². The molecule has 108 valence electrons. The number of hydrogen-bond donors (Lipinski definition) is 0. The Kier molecular flexibility index (Phi) is 3.13. The van der Waals surface area contributed by atoms with Crippen LogP contribution in [0.15, 0.2) is 46.6 Å². The molecule has 4 nitrogen and oxygen atoms in total. The van der Waals surface area contributed by atoms with Gasteiger partial charge in [-0.2, -0.15) is 9.50 Å². The number of fused-ring (bicyclic) bond motifs is 1. The second-order valence-corrected chi connectivity index (χ2v) is 6.92. The van der Waals surface area contributed by atoms with Crippen molar-refractivity contribution in [1.29, 1.82) is 0 Å². The van der Waals surface area contributed by atoms with Gasteiger partial charge in [0.05, 0.1) is 4.53 Å². The summed E-state index contributed by atoms with van der Waals surface area (Å²) in [6.07, 6.45) is 1.89. The highest BCUT2D eigenvalue weighted by molar-refractivity contribution is 7.15. The molecule has 3 heterocycles. The van der Waals surface area contributed by atoms with Crippen molar-refractivity contribution < 1.29 is 0 Å². The van der Waals surface area contributed by atoms with Gasteiger partial charge in [-0.1, -0.05) is 47.2 Å². The van der Waals surface area contributed by atoms with Crippen LogP contribution in [0.25, 0.3) is 22.4 Å². The standard InChI is InChI=1S/C16H11N3OS2/c1-10-4-6-11(7-5-10)14-17-16-19(18-14)15(20)13(22-16)9-12-3-2-8-21-12/h2-9H,1H3/b13-9+. The fraction of sp³-hybridized carbons (Fsp3) is 0.0625. The molecule has 0 aliphatic rings. The largest absolute Gasteiger partial charge is 0.291 e. The molecule has 0 radical (unpaired) electrons. The molecule has 1 aromatic carbocycles. The van der Waals surface area contributed by atoms with Crippen molar-refractivity contribution in [3.63, 3.8) is 0 Å². The SMILES string of the molecule is Cc1ccc(-c2nc3s/c(=C/c4cccs4)c(=O)n3n2)cc1. The van der Waals surface area contributed by atoms with Gasteiger partial charge in [-0.05, 0) is 24.4 Å². The van der Waals surface area contributed by atoms with E-state index < -0.39 is 0 Å². The number of rotatable bonds is 2. The lowest BCUT2D eigenvalue weighted by atomic mass is 10.1. The summed E-state index contributed by atoms with van der Waals surface area (Å²) in [4.78, 5) is 18.6. The number of thiazole rings is 1. The predicted molar refractivity (Wildman–Crippen MR) is 90.4 cm³/mol. The fourth-order valence-corrected chi connectivity index (χ4v) is 3.79. The summed E-state index contributed by atoms with van der Waals surface area (Å²) >= 11 is 2.97. The molecule has 0 N–H and O–H groups in total. The van der Waals surface area contributed by atoms with E-state index in [9.17, 15) is 4.79 Å². The quantitative estimate of drug-likeness (QED) is 0.569. The van der Waals surface area contributed by atoms with Crippen LogP contribution in [0.1, 0.15) is 10.4 Å². The average Bonchev–Trinajstić information content (AvgIpc) is 3.21. The van der Waals surface area contributed by atoms with E-state index in [1.807, 2.05) is 54.8 Å². The molecule has 0 amide bonds. The Bertz CT molecular complexity index is 1040. The normalized spacial score (nSPS) is 12.3. The lowest BCUT2D eigenvalue weighted by molar-refractivity contribution is 0.937. The van der Waals surface area contributed by atoms with Crippen LogP contribution >= 0.6 is 22.7 Å². The molecular formula is C16H11N3OS2. The van der Waals surface area contributed by atoms with Gasteiger partial charge < -0.3 is 0 Å². The van der Waals surface area contributed by atoms with E-state index in [0.717, 1.165) is 10.4 Å². The van der Waals surface area contributed by atoms with E-state index in [4.69, 9.17) is 0 Å². The smallest absolute Gasteiger partial charge is 0.266 e. The van der Waals surface area contributed by atoms with Gasteiger partial charge >= 0.3 is 0 Å². The summed E-state index contributed by atoms with van der Waals surface area (Å²) in [6.45, 7) is 2.03. The third-order valence-corrected chi connectivity index (χ3v) is 5.09. The molecule has 6 heteroatoms. The first-order chi connectivity index (χ1) is 10.7. The number of benzene rings is 1. The van der Waals surface area contributed by atoms with Crippen molar-refractivity contribution in [2.45, 2.75) is 6.92 Å². The van der Waals surface area contributed by atoms with Crippen molar-refractivity contribution in [3.05, 3.63) is 67.1 Å². The number of aromatic nitrogens is 3. The Morgan fingerprint density at radius 1 is 1.18 bits per heavy atom. The number of hydrogen-bond acceptors (Lipinski definition) is 5. The summed E-state index contributed by atoms with van der Waals surface area (Å²) in [5.74, 6) is 0.589. The van der Waals surface area contributed by atoms with Gasteiger partial charge in [0.1, 0.15) is 0 Å². The van der Waals surface area contributed by atoms with Crippen LogP contribution in [0.2, 0.25) is 0 Å². The van der Waals surface area contributed by atoms with Gasteiger partial charge in [-0.3, -0.25) is 4.79 Å². The van der Waals surface area contributed by atoms with Gasteiger partial charge in [0.25, 0.3) is 5.56 Å². The molecule has 4 aromatic rings. The molecule has 3 aromatic heterocycles. The number of nitrogens with zero attached hydrogens (tertiary/aromatic N) is 3. The van der Waals surface area contributed by atoms with Crippen molar-refractivity contribution in [2.75, 3.05) is 0 Å². The molecule has 0 spiro atoms. The zero-order valence-electron chi connectivity index (χ0n) is 11.7. The van der Waals surface area contributed by atoms with Crippen LogP contribution in [0.5, 0.6) is 0 Å². The molecule has 0 atom stereocenters. The van der Waals surface area contributed by atoms with Gasteiger partial charge in [0, 0.05) is 10.4 Å². The Labute approximate surface area is 134 Å². The minimum absolute atomic E-state index is 0.112. The van der Waals surface area contributed by atoms with Crippen LogP contribution in [-0.4, -0.2) is 14.6 Å². The Morgan fingerprint density at radius 3 is 2.68 bits per heavy atom. The minimum Gasteiger partial charge on any atom is -0.266 e. The van der Waals surface area contributed by atoms with Crippen molar-refractivity contribution in [1.82, 2.24) is 14.6 Å². The fourth-order valence-electron chi connectivity index (χ4n) is 2.16. The van der Waals surface area contributed by atoms with E-state index >= 15 is 0 Å². The molecular weight excluding hydrogens is 314 g/mol. The summed E-state index contributed by atoms with van der Waals surface area (Å²) in [6, 6.07) is 11.9. The van der Waals surface area contributed by atoms with Gasteiger partial charge in [-0.15, -0.1) is 16.4 Å². The van der Waals surface area contributed by atoms with Crippen LogP contribution in [0.4, 0.5) is 0 Å². The molecule has 0 saturated carbocycles. The van der Waals surface area contributed by atoms with E-state index in [1.165, 1.54) is 21.4 Å². The Hall–Kier alpha value is -2.31. The highest BCUT2D eigenvalue weighted by Gasteiger charge is 2.11. The van der Waals surface area contributed by atoms with Crippen LogP contribution in [0, 0.1) is 6.92 Å². The maximum Gasteiger partial charge on any atom is 0.291 e. The van der Waals surface area contributed by atoms with Crippen LogP contribution < -0.4 is 10.1 Å². The minimum atomic E-state index is -0.112. The van der Waals surface area contributed by atoms with E-state index in [0.29, 0.717) is 15.3 Å². The predicted octanol–water partition coefficient (Wildman–Crippen LogP) is 2.74. The monoisotopic (exact) mass is 325 g/mol. The number of thiophene rings is 1. The first kappa shape index (κ1) is 13.4. The topological polar surface area (TPSA) is 47.3 Å². The molecule has 0 aliphatic carbocycles. The van der Waals surface area contributed by atoms with E-state index in [2.05, 4.69) is 10.1 Å². The second kappa shape index (κ2) is 5.15. The van der Waals surface area contributed by atoms with Gasteiger partial charge in [0.2, 0.25) is 4.96 Å². The maximum absolute atomic E-state index is 12.4. The second-order valence-electron chi connectivity index (χ2n) is 4.93. The van der Waals surface area contributed by atoms with Crippen molar-refractivity contribution in [3.8, 4) is 11.4 Å². The van der Waals surface area contributed by atoms with E-state index in [-0.39, 0.29) is 5.56 Å². The zero-order chi connectivity index (χ0) is 15.1. The lowest BCUT2D eigenvalue weighted by Crippen LogP contribution is -2.23. The molecule has 0 fully saturated rings. The number of aryl methyl sites for hydroxylation is 1. The highest BCUT2D eigenvalue weighted by Crippen LogP contribution is 2.17. The molecule has 0 saturated heterocycles. The lowest BCUT2D eigenvalue weighted by Gasteiger charge is -1.94. The first-order valence-corrected chi connectivity index (χ1v) is 8.42. The van der Waals surface area contributed by atoms with Crippen molar-refractivity contribution >= 4 is 33.7 Å². The Balaban J connectivity index is 1.84.